The fourth-order valence-electron chi connectivity index (χ4n) is 0.727. The molecule has 0 aliphatic carbocycles. The van der Waals surface area contributed by atoms with Crippen LogP contribution in [0.25, 0.3) is 0 Å². The van der Waals surface area contributed by atoms with E-state index < -0.39 is 5.91 Å². The second kappa shape index (κ2) is 5.95. The Hall–Kier alpha value is -1.63. The van der Waals surface area contributed by atoms with E-state index in [1.54, 1.807) is 0 Å². The minimum atomic E-state index is -0.663. The maximum absolute atomic E-state index is 10.5. The molecule has 0 aromatic rings. The van der Waals surface area contributed by atoms with Gasteiger partial charge in [0, 0.05) is 6.21 Å². The number of amides is 1. The lowest BCUT2D eigenvalue weighted by atomic mass is 10.1. The summed E-state index contributed by atoms with van der Waals surface area (Å²) in [5.74, 6) is -0.925. The SMILES string of the molecule is C=C(N=C[C@@H](C#N)CCC)C(N)=O. The molecule has 4 heteroatoms. The van der Waals surface area contributed by atoms with E-state index in [0.29, 0.717) is 0 Å². The first-order valence-electron chi connectivity index (χ1n) is 4.04. The van der Waals surface area contributed by atoms with Crippen molar-refractivity contribution in [3.63, 3.8) is 0 Å². The molecule has 2 N–H and O–H groups in total. The molecule has 0 fully saturated rings. The van der Waals surface area contributed by atoms with Gasteiger partial charge in [0.05, 0.1) is 12.0 Å². The molecule has 0 spiro atoms. The van der Waals surface area contributed by atoms with Crippen LogP contribution in [0.2, 0.25) is 0 Å². The Kier molecular flexibility index (Phi) is 5.20. The van der Waals surface area contributed by atoms with Crippen LogP contribution >= 0.6 is 0 Å². The predicted octanol–water partition coefficient (Wildman–Crippen LogP) is 0.996. The van der Waals surface area contributed by atoms with Crippen LogP contribution in [0.4, 0.5) is 0 Å². The van der Waals surface area contributed by atoms with E-state index in [4.69, 9.17) is 11.0 Å². The van der Waals surface area contributed by atoms with Crippen molar-refractivity contribution >= 4 is 12.1 Å². The van der Waals surface area contributed by atoms with Gasteiger partial charge in [-0.3, -0.25) is 9.79 Å². The van der Waals surface area contributed by atoms with Crippen molar-refractivity contribution < 1.29 is 4.79 Å². The van der Waals surface area contributed by atoms with Gasteiger partial charge in [-0.1, -0.05) is 19.9 Å². The second-order valence-electron chi connectivity index (χ2n) is 2.61. The Labute approximate surface area is 77.8 Å². The van der Waals surface area contributed by atoms with Gasteiger partial charge in [-0.2, -0.15) is 5.26 Å². The lowest BCUT2D eigenvalue weighted by Gasteiger charge is -1.98. The number of nitrogens with zero attached hydrogens (tertiary/aromatic N) is 2. The van der Waals surface area contributed by atoms with E-state index in [9.17, 15) is 4.79 Å². The smallest absolute Gasteiger partial charge is 0.266 e. The number of nitrogens with two attached hydrogens (primary N) is 1. The minimum Gasteiger partial charge on any atom is -0.364 e. The summed E-state index contributed by atoms with van der Waals surface area (Å²) in [6.07, 6.45) is 3.04. The Balaban J connectivity index is 4.16. The number of carbonyl (C=O) groups excluding carboxylic acids is 1. The minimum absolute atomic E-state index is 0.0173. The van der Waals surface area contributed by atoms with Gasteiger partial charge in [-0.25, -0.2) is 0 Å². The predicted molar refractivity (Wildman–Crippen MR) is 50.8 cm³/mol. The van der Waals surface area contributed by atoms with Crippen molar-refractivity contribution in [2.24, 2.45) is 16.6 Å². The van der Waals surface area contributed by atoms with Gasteiger partial charge in [0.1, 0.15) is 5.70 Å². The molecule has 0 aromatic heterocycles. The van der Waals surface area contributed by atoms with Crippen LogP contribution in [0.3, 0.4) is 0 Å². The third kappa shape index (κ3) is 4.75. The van der Waals surface area contributed by atoms with Crippen molar-refractivity contribution in [3.8, 4) is 6.07 Å². The fourth-order valence-corrected chi connectivity index (χ4v) is 0.727. The average Bonchev–Trinajstić information content (AvgIpc) is 2.11. The molecule has 0 heterocycles. The molecule has 4 nitrogen and oxygen atoms in total. The van der Waals surface area contributed by atoms with Gasteiger partial charge in [0.25, 0.3) is 5.91 Å². The van der Waals surface area contributed by atoms with Crippen molar-refractivity contribution in [2.45, 2.75) is 19.8 Å². The van der Waals surface area contributed by atoms with Crippen molar-refractivity contribution in [1.82, 2.24) is 0 Å². The number of primary amides is 1. The molecule has 1 atom stereocenters. The van der Waals surface area contributed by atoms with Crippen LogP contribution in [0.1, 0.15) is 19.8 Å². The number of nitriles is 1. The van der Waals surface area contributed by atoms with Crippen LogP contribution in [-0.2, 0) is 4.79 Å². The molecule has 13 heavy (non-hydrogen) atoms. The molecular weight excluding hydrogens is 166 g/mol. The average molecular weight is 179 g/mol. The molecule has 0 radical (unpaired) electrons. The molecule has 1 amide bonds. The van der Waals surface area contributed by atoms with Gasteiger partial charge < -0.3 is 5.73 Å². The van der Waals surface area contributed by atoms with E-state index in [1.165, 1.54) is 6.21 Å². The zero-order chi connectivity index (χ0) is 10.3. The lowest BCUT2D eigenvalue weighted by Crippen LogP contribution is -2.12. The summed E-state index contributed by atoms with van der Waals surface area (Å²) in [6.45, 7) is 5.31. The molecular formula is C9H13N3O. The highest BCUT2D eigenvalue weighted by Crippen LogP contribution is 2.02. The maximum Gasteiger partial charge on any atom is 0.266 e. The van der Waals surface area contributed by atoms with Gasteiger partial charge in [-0.15, -0.1) is 0 Å². The zero-order valence-electron chi connectivity index (χ0n) is 7.66. The molecule has 0 aromatic carbocycles. The van der Waals surface area contributed by atoms with Gasteiger partial charge >= 0.3 is 0 Å². The summed E-state index contributed by atoms with van der Waals surface area (Å²) in [7, 11) is 0. The Morgan fingerprint density at radius 1 is 1.85 bits per heavy atom. The number of hydrogen-bond acceptors (Lipinski definition) is 3. The number of aliphatic imine (C=N–C) groups is 1. The first-order valence-corrected chi connectivity index (χ1v) is 4.04. The van der Waals surface area contributed by atoms with Gasteiger partial charge in [0.15, 0.2) is 0 Å². The van der Waals surface area contributed by atoms with E-state index in [0.717, 1.165) is 12.8 Å². The van der Waals surface area contributed by atoms with Crippen LogP contribution in [0.15, 0.2) is 17.3 Å². The molecule has 0 aliphatic heterocycles. The summed E-state index contributed by atoms with van der Waals surface area (Å²) in [5, 5.41) is 8.62. The summed E-state index contributed by atoms with van der Waals surface area (Å²) >= 11 is 0. The van der Waals surface area contributed by atoms with Crippen LogP contribution < -0.4 is 5.73 Å². The number of hydrogen-bond donors (Lipinski definition) is 1. The van der Waals surface area contributed by atoms with Crippen LogP contribution in [0.5, 0.6) is 0 Å². The molecule has 0 bridgehead atoms. The number of rotatable bonds is 5. The highest BCUT2D eigenvalue weighted by atomic mass is 16.1. The van der Waals surface area contributed by atoms with E-state index in [1.807, 2.05) is 6.92 Å². The summed E-state index contributed by atoms with van der Waals surface area (Å²) in [6, 6.07) is 2.05. The van der Waals surface area contributed by atoms with Crippen molar-refractivity contribution in [2.75, 3.05) is 0 Å². The quantitative estimate of drug-likeness (QED) is 0.504. The van der Waals surface area contributed by atoms with Gasteiger partial charge in [0.2, 0.25) is 0 Å². The highest BCUT2D eigenvalue weighted by Gasteiger charge is 2.03. The standard InChI is InChI=1S/C9H13N3O/c1-3-4-8(5-10)6-12-7(2)9(11)13/h6,8H,2-4H2,1H3,(H2,11,13)/t8-/m1/s1. The van der Waals surface area contributed by atoms with Crippen molar-refractivity contribution in [1.29, 1.82) is 5.26 Å². The first kappa shape index (κ1) is 11.4. The Morgan fingerprint density at radius 2 is 2.46 bits per heavy atom. The summed E-state index contributed by atoms with van der Waals surface area (Å²) in [5.41, 5.74) is 4.89. The zero-order valence-corrected chi connectivity index (χ0v) is 7.66. The monoisotopic (exact) mass is 179 g/mol. The van der Waals surface area contributed by atoms with Crippen LogP contribution in [0, 0.1) is 17.2 Å². The number of carbonyl (C=O) groups is 1. The highest BCUT2D eigenvalue weighted by molar-refractivity contribution is 5.92. The third-order valence-corrected chi connectivity index (χ3v) is 1.46. The topological polar surface area (TPSA) is 79.2 Å². The van der Waals surface area contributed by atoms with E-state index in [-0.39, 0.29) is 11.6 Å². The third-order valence-electron chi connectivity index (χ3n) is 1.46. The lowest BCUT2D eigenvalue weighted by molar-refractivity contribution is -0.114. The maximum atomic E-state index is 10.5. The molecule has 0 rings (SSSR count). The fraction of sp³-hybridized carbons (Fsp3) is 0.444. The molecule has 0 aliphatic rings. The molecule has 0 saturated heterocycles. The van der Waals surface area contributed by atoms with E-state index >= 15 is 0 Å². The van der Waals surface area contributed by atoms with Crippen LogP contribution in [-0.4, -0.2) is 12.1 Å². The van der Waals surface area contributed by atoms with E-state index in [2.05, 4.69) is 17.6 Å². The second-order valence-corrected chi connectivity index (χ2v) is 2.61. The first-order chi connectivity index (χ1) is 6.11. The summed E-state index contributed by atoms with van der Waals surface area (Å²) < 4.78 is 0. The molecule has 0 unspecified atom stereocenters. The Morgan fingerprint density at radius 3 is 2.85 bits per heavy atom. The van der Waals surface area contributed by atoms with Gasteiger partial charge in [-0.05, 0) is 6.42 Å². The van der Waals surface area contributed by atoms with Crippen molar-refractivity contribution in [3.05, 3.63) is 12.3 Å². The largest absolute Gasteiger partial charge is 0.364 e. The Bertz CT molecular complexity index is 263. The summed E-state index contributed by atoms with van der Waals surface area (Å²) in [4.78, 5) is 14.2. The molecule has 70 valence electrons. The normalized spacial score (nSPS) is 12.3. The molecule has 0 saturated carbocycles.